The summed E-state index contributed by atoms with van der Waals surface area (Å²) in [4.78, 5) is 21.6. The normalized spacial score (nSPS) is 12.8. The summed E-state index contributed by atoms with van der Waals surface area (Å²) in [5.41, 5.74) is 0. The molecule has 70 valence electrons. The first-order valence-corrected chi connectivity index (χ1v) is 4.79. The average Bonchev–Trinajstić information content (AvgIpc) is 2.00. The lowest BCUT2D eigenvalue weighted by Gasteiger charge is -2.08. The minimum absolute atomic E-state index is 0.238. The van der Waals surface area contributed by atoms with E-state index >= 15 is 0 Å². The van der Waals surface area contributed by atoms with Crippen molar-refractivity contribution in [2.45, 2.75) is 38.1 Å². The van der Waals surface area contributed by atoms with Crippen molar-refractivity contribution in [2.24, 2.45) is 0 Å². The van der Waals surface area contributed by atoms with E-state index in [0.717, 1.165) is 0 Å². The fraction of sp³-hybridized carbons (Fsp3) is 0.750. The van der Waals surface area contributed by atoms with E-state index in [2.05, 4.69) is 15.9 Å². The van der Waals surface area contributed by atoms with Crippen LogP contribution < -0.4 is 0 Å². The Balaban J connectivity index is 4.02. The summed E-state index contributed by atoms with van der Waals surface area (Å²) in [5.74, 6) is -1.26. The molecule has 0 fully saturated rings. The second-order valence-electron chi connectivity index (χ2n) is 2.69. The van der Waals surface area contributed by atoms with Gasteiger partial charge in [-0.3, -0.25) is 4.79 Å². The molecule has 0 aromatic carbocycles. The van der Waals surface area contributed by atoms with E-state index in [1.807, 2.05) is 6.92 Å². The summed E-state index contributed by atoms with van der Waals surface area (Å²) in [5, 5.41) is 0. The van der Waals surface area contributed by atoms with E-state index in [4.69, 9.17) is 4.74 Å². The Morgan fingerprint density at radius 2 is 1.92 bits per heavy atom. The van der Waals surface area contributed by atoms with Crippen LogP contribution in [0.25, 0.3) is 0 Å². The molecule has 0 rings (SSSR count). The molecule has 0 aliphatic carbocycles. The van der Waals surface area contributed by atoms with Gasteiger partial charge in [0.2, 0.25) is 0 Å². The molecule has 0 N–H and O–H groups in total. The number of hydrogen-bond donors (Lipinski definition) is 0. The summed E-state index contributed by atoms with van der Waals surface area (Å²) in [6.07, 6.45) is 0.351. The molecule has 3 nitrogen and oxygen atoms in total. The van der Waals surface area contributed by atoms with Gasteiger partial charge in [0.25, 0.3) is 5.78 Å². The van der Waals surface area contributed by atoms with E-state index in [1.165, 1.54) is 0 Å². The second kappa shape index (κ2) is 5.30. The maximum absolute atomic E-state index is 11.1. The van der Waals surface area contributed by atoms with Crippen molar-refractivity contribution < 1.29 is 14.3 Å². The molecule has 0 spiro atoms. The van der Waals surface area contributed by atoms with E-state index in [-0.39, 0.29) is 6.10 Å². The first-order chi connectivity index (χ1) is 5.49. The lowest BCUT2D eigenvalue weighted by atomic mass is 10.2. The molecule has 0 unspecified atom stereocenters. The standard InChI is InChI=1S/C8H13BrO3/c1-4-6(9)7(10)8(11)12-5(2)3/h5-6H,4H2,1-3H3/t6-/m0/s1. The number of alkyl halides is 1. The predicted molar refractivity (Wildman–Crippen MR) is 49.2 cm³/mol. The molecule has 1 atom stereocenters. The molecule has 0 aliphatic rings. The van der Waals surface area contributed by atoms with Gasteiger partial charge in [0.15, 0.2) is 0 Å². The molecule has 0 aromatic heterocycles. The van der Waals surface area contributed by atoms with Crippen molar-refractivity contribution in [3.8, 4) is 0 Å². The minimum Gasteiger partial charge on any atom is -0.457 e. The van der Waals surface area contributed by atoms with Crippen LogP contribution in [0, 0.1) is 0 Å². The number of ketones is 1. The van der Waals surface area contributed by atoms with Crippen LogP contribution in [0.3, 0.4) is 0 Å². The Morgan fingerprint density at radius 1 is 1.42 bits per heavy atom. The summed E-state index contributed by atoms with van der Waals surface area (Å²) in [6.45, 7) is 5.24. The van der Waals surface area contributed by atoms with Gasteiger partial charge in [0.05, 0.1) is 10.9 Å². The highest BCUT2D eigenvalue weighted by molar-refractivity contribution is 9.10. The van der Waals surface area contributed by atoms with Crippen molar-refractivity contribution in [3.05, 3.63) is 0 Å². The van der Waals surface area contributed by atoms with Gasteiger partial charge in [-0.15, -0.1) is 0 Å². The quantitative estimate of drug-likeness (QED) is 0.424. The van der Waals surface area contributed by atoms with Gasteiger partial charge in [-0.1, -0.05) is 22.9 Å². The van der Waals surface area contributed by atoms with E-state index in [1.54, 1.807) is 13.8 Å². The highest BCUT2D eigenvalue weighted by Gasteiger charge is 2.23. The van der Waals surface area contributed by atoms with Crippen LogP contribution in [-0.4, -0.2) is 22.7 Å². The van der Waals surface area contributed by atoms with E-state index < -0.39 is 16.6 Å². The second-order valence-corrected chi connectivity index (χ2v) is 3.80. The van der Waals surface area contributed by atoms with Crippen LogP contribution >= 0.6 is 15.9 Å². The molecule has 0 bridgehead atoms. The number of esters is 1. The van der Waals surface area contributed by atoms with E-state index in [9.17, 15) is 9.59 Å². The Bertz CT molecular complexity index is 177. The number of halogens is 1. The molecule has 0 radical (unpaired) electrons. The predicted octanol–water partition coefficient (Wildman–Crippen LogP) is 1.68. The molecule has 0 aromatic rings. The fourth-order valence-electron chi connectivity index (χ4n) is 0.585. The van der Waals surface area contributed by atoms with Crippen LogP contribution in [0.15, 0.2) is 0 Å². The number of Topliss-reactive ketones (excluding diaryl/α,β-unsaturated/α-hetero) is 1. The number of hydrogen-bond acceptors (Lipinski definition) is 3. The minimum atomic E-state index is -0.756. The number of carbonyl (C=O) groups is 2. The van der Waals surface area contributed by atoms with Gasteiger partial charge in [-0.05, 0) is 20.3 Å². The first kappa shape index (κ1) is 11.6. The zero-order valence-corrected chi connectivity index (χ0v) is 9.05. The van der Waals surface area contributed by atoms with Crippen LogP contribution in [0.1, 0.15) is 27.2 Å². The average molecular weight is 237 g/mol. The SMILES string of the molecule is CC[C@H](Br)C(=O)C(=O)OC(C)C. The summed E-state index contributed by atoms with van der Waals surface area (Å²) >= 11 is 3.08. The molecule has 4 heteroatoms. The third-order valence-electron chi connectivity index (χ3n) is 1.19. The third kappa shape index (κ3) is 3.85. The van der Waals surface area contributed by atoms with Crippen molar-refractivity contribution in [1.82, 2.24) is 0 Å². The monoisotopic (exact) mass is 236 g/mol. The first-order valence-electron chi connectivity index (χ1n) is 3.88. The maximum Gasteiger partial charge on any atom is 0.376 e. The van der Waals surface area contributed by atoms with Crippen molar-refractivity contribution in [1.29, 1.82) is 0 Å². The van der Waals surface area contributed by atoms with Gasteiger partial charge in [0, 0.05) is 0 Å². The van der Waals surface area contributed by atoms with Crippen molar-refractivity contribution >= 4 is 27.7 Å². The number of carbonyl (C=O) groups excluding carboxylic acids is 2. The van der Waals surface area contributed by atoms with Crippen LogP contribution in [0.4, 0.5) is 0 Å². The topological polar surface area (TPSA) is 43.4 Å². The van der Waals surface area contributed by atoms with Gasteiger partial charge in [0.1, 0.15) is 0 Å². The van der Waals surface area contributed by atoms with Crippen molar-refractivity contribution in [2.75, 3.05) is 0 Å². The van der Waals surface area contributed by atoms with Gasteiger partial charge in [-0.2, -0.15) is 0 Å². The molecule has 0 aliphatic heterocycles. The number of ether oxygens (including phenoxy) is 1. The Hall–Kier alpha value is -0.380. The third-order valence-corrected chi connectivity index (χ3v) is 2.25. The highest BCUT2D eigenvalue weighted by atomic mass is 79.9. The van der Waals surface area contributed by atoms with E-state index in [0.29, 0.717) is 6.42 Å². The molecular formula is C8H13BrO3. The summed E-state index contributed by atoms with van der Waals surface area (Å²) < 4.78 is 4.72. The maximum atomic E-state index is 11.1. The smallest absolute Gasteiger partial charge is 0.376 e. The fourth-order valence-corrected chi connectivity index (χ4v) is 0.772. The van der Waals surface area contributed by atoms with Gasteiger partial charge in [-0.25, -0.2) is 4.79 Å². The Labute approximate surface area is 80.6 Å². The molecule has 0 amide bonds. The molecule has 12 heavy (non-hydrogen) atoms. The van der Waals surface area contributed by atoms with Crippen molar-refractivity contribution in [3.63, 3.8) is 0 Å². The molecule has 0 saturated carbocycles. The van der Waals surface area contributed by atoms with Crippen LogP contribution in [0.5, 0.6) is 0 Å². The van der Waals surface area contributed by atoms with Gasteiger partial charge >= 0.3 is 5.97 Å². The van der Waals surface area contributed by atoms with Crippen LogP contribution in [-0.2, 0) is 14.3 Å². The summed E-state index contributed by atoms with van der Waals surface area (Å²) in [7, 11) is 0. The molecule has 0 heterocycles. The van der Waals surface area contributed by atoms with Gasteiger partial charge < -0.3 is 4.74 Å². The number of rotatable bonds is 4. The molecule has 0 saturated heterocycles. The molecular weight excluding hydrogens is 224 g/mol. The Kier molecular flexibility index (Phi) is 5.13. The zero-order valence-electron chi connectivity index (χ0n) is 7.46. The highest BCUT2D eigenvalue weighted by Crippen LogP contribution is 2.07. The lowest BCUT2D eigenvalue weighted by molar-refractivity contribution is -0.156. The summed E-state index contributed by atoms with van der Waals surface area (Å²) in [6, 6.07) is 0. The lowest BCUT2D eigenvalue weighted by Crippen LogP contribution is -2.27. The Morgan fingerprint density at radius 3 is 2.25 bits per heavy atom. The largest absolute Gasteiger partial charge is 0.457 e. The zero-order chi connectivity index (χ0) is 9.72. The van der Waals surface area contributed by atoms with Crippen LogP contribution in [0.2, 0.25) is 0 Å².